The summed E-state index contributed by atoms with van der Waals surface area (Å²) in [5.41, 5.74) is -0.364. The molecule has 0 radical (unpaired) electrons. The highest BCUT2D eigenvalue weighted by atomic mass is 19.1. The van der Waals surface area contributed by atoms with E-state index in [-0.39, 0.29) is 42.8 Å². The number of carbonyl (C=O) groups excluding carboxylic acids is 3. The summed E-state index contributed by atoms with van der Waals surface area (Å²) in [6.07, 6.45) is 0.799. The zero-order valence-electron chi connectivity index (χ0n) is 18.9. The van der Waals surface area contributed by atoms with E-state index in [2.05, 4.69) is 24.3 Å². The van der Waals surface area contributed by atoms with Crippen LogP contribution in [0, 0.1) is 11.7 Å². The monoisotopic (exact) mass is 444 g/mol. The van der Waals surface area contributed by atoms with E-state index in [1.807, 2.05) is 0 Å². The molecule has 32 heavy (non-hydrogen) atoms. The number of fused-ring (bicyclic) bond motifs is 1. The van der Waals surface area contributed by atoms with Gasteiger partial charge in [-0.05, 0) is 43.9 Å². The highest BCUT2D eigenvalue weighted by Crippen LogP contribution is 2.29. The number of nitrogens with one attached hydrogen (secondary N) is 1. The summed E-state index contributed by atoms with van der Waals surface area (Å²) in [6, 6.07) is 7.17. The Labute approximate surface area is 186 Å². The molecule has 1 atom stereocenters. The van der Waals surface area contributed by atoms with Crippen molar-refractivity contribution in [2.24, 2.45) is 5.92 Å². The lowest BCUT2D eigenvalue weighted by molar-refractivity contribution is -0.133. The Hall–Kier alpha value is -3.23. The molecule has 2 amide bonds. The minimum Gasteiger partial charge on any atom is -0.461 e. The molecule has 0 fully saturated rings. The van der Waals surface area contributed by atoms with Crippen LogP contribution >= 0.6 is 0 Å². The van der Waals surface area contributed by atoms with Crippen molar-refractivity contribution in [2.45, 2.75) is 52.7 Å². The Morgan fingerprint density at radius 3 is 2.59 bits per heavy atom. The second-order valence-corrected chi connectivity index (χ2v) is 8.52. The maximum absolute atomic E-state index is 13.4. The SMILES string of the molecule is CCOC(=O)c1cc2n(n1)CC(C)(C(=O)NCCC(C)C)N(Cc1ccc(F)cc1)C2=O. The number of aromatic nitrogens is 2. The van der Waals surface area contributed by atoms with Crippen molar-refractivity contribution in [2.75, 3.05) is 13.2 Å². The van der Waals surface area contributed by atoms with Crippen molar-refractivity contribution in [3.8, 4) is 0 Å². The topological polar surface area (TPSA) is 93.5 Å². The van der Waals surface area contributed by atoms with Crippen molar-refractivity contribution >= 4 is 17.8 Å². The zero-order chi connectivity index (χ0) is 23.5. The average Bonchev–Trinajstić information content (AvgIpc) is 3.16. The van der Waals surface area contributed by atoms with Crippen LogP contribution < -0.4 is 5.32 Å². The van der Waals surface area contributed by atoms with Crippen molar-refractivity contribution in [1.29, 1.82) is 0 Å². The van der Waals surface area contributed by atoms with Gasteiger partial charge in [-0.15, -0.1) is 0 Å². The smallest absolute Gasteiger partial charge is 0.358 e. The number of esters is 1. The average molecular weight is 445 g/mol. The highest BCUT2D eigenvalue weighted by molar-refractivity contribution is 6.01. The third-order valence-electron chi connectivity index (χ3n) is 5.53. The van der Waals surface area contributed by atoms with Gasteiger partial charge >= 0.3 is 5.97 Å². The van der Waals surface area contributed by atoms with Gasteiger partial charge in [0.2, 0.25) is 5.91 Å². The Morgan fingerprint density at radius 2 is 1.97 bits per heavy atom. The molecule has 3 rings (SSSR count). The Bertz CT molecular complexity index is 1000. The molecule has 8 nitrogen and oxygen atoms in total. The quantitative estimate of drug-likeness (QED) is 0.632. The van der Waals surface area contributed by atoms with Gasteiger partial charge in [-0.25, -0.2) is 9.18 Å². The predicted molar refractivity (Wildman–Crippen MR) is 115 cm³/mol. The lowest BCUT2D eigenvalue weighted by atomic mass is 9.94. The van der Waals surface area contributed by atoms with Gasteiger partial charge in [0.15, 0.2) is 5.69 Å². The first kappa shape index (κ1) is 23.4. The summed E-state index contributed by atoms with van der Waals surface area (Å²) >= 11 is 0. The fourth-order valence-corrected chi connectivity index (χ4v) is 3.63. The molecule has 0 aliphatic carbocycles. The fraction of sp³-hybridized carbons (Fsp3) is 0.478. The van der Waals surface area contributed by atoms with Crippen LogP contribution in [0.1, 0.15) is 60.7 Å². The molecule has 1 aromatic carbocycles. The standard InChI is InChI=1S/C23H29FN4O4/c1-5-32-21(30)18-12-19-20(29)27(13-16-6-8-17(24)9-7-16)23(4,14-28(19)26-18)22(31)25-11-10-15(2)3/h6-9,12,15H,5,10-11,13-14H2,1-4H3,(H,25,31). The maximum Gasteiger partial charge on any atom is 0.358 e. The number of hydrogen-bond donors (Lipinski definition) is 1. The molecule has 0 spiro atoms. The lowest BCUT2D eigenvalue weighted by Gasteiger charge is -2.43. The van der Waals surface area contributed by atoms with Crippen LogP contribution in [0.5, 0.6) is 0 Å². The minimum absolute atomic E-state index is 0.0152. The van der Waals surface area contributed by atoms with E-state index in [9.17, 15) is 18.8 Å². The molecule has 172 valence electrons. The number of halogens is 1. The normalized spacial score (nSPS) is 17.9. The fourth-order valence-electron chi connectivity index (χ4n) is 3.63. The number of carbonyl (C=O) groups is 3. The summed E-state index contributed by atoms with van der Waals surface area (Å²) in [6.45, 7) is 8.31. The van der Waals surface area contributed by atoms with Gasteiger partial charge in [0.25, 0.3) is 5.91 Å². The molecule has 1 aliphatic heterocycles. The molecular weight excluding hydrogens is 415 g/mol. The minimum atomic E-state index is -1.26. The van der Waals surface area contributed by atoms with Crippen LogP contribution in [0.15, 0.2) is 30.3 Å². The summed E-state index contributed by atoms with van der Waals surface area (Å²) in [5, 5.41) is 7.15. The van der Waals surface area contributed by atoms with Gasteiger partial charge in [0.1, 0.15) is 17.1 Å². The van der Waals surface area contributed by atoms with E-state index >= 15 is 0 Å². The largest absolute Gasteiger partial charge is 0.461 e. The molecule has 9 heteroatoms. The van der Waals surface area contributed by atoms with E-state index in [1.54, 1.807) is 26.0 Å². The molecule has 2 heterocycles. The number of nitrogens with zero attached hydrogens (tertiary/aromatic N) is 3. The number of ether oxygens (including phenoxy) is 1. The first-order valence-electron chi connectivity index (χ1n) is 10.8. The van der Waals surface area contributed by atoms with E-state index in [4.69, 9.17) is 4.74 Å². The van der Waals surface area contributed by atoms with Crippen molar-refractivity contribution in [3.05, 3.63) is 53.1 Å². The Morgan fingerprint density at radius 1 is 1.28 bits per heavy atom. The Kier molecular flexibility index (Phi) is 6.96. The van der Waals surface area contributed by atoms with Crippen LogP contribution in [-0.4, -0.2) is 51.2 Å². The van der Waals surface area contributed by atoms with Crippen molar-refractivity contribution in [1.82, 2.24) is 20.0 Å². The molecule has 1 aromatic heterocycles. The highest BCUT2D eigenvalue weighted by Gasteiger charge is 2.48. The summed E-state index contributed by atoms with van der Waals surface area (Å²) in [7, 11) is 0. The predicted octanol–water partition coefficient (Wildman–Crippen LogP) is 2.78. The van der Waals surface area contributed by atoms with E-state index in [1.165, 1.54) is 27.8 Å². The van der Waals surface area contributed by atoms with Crippen molar-refractivity contribution < 1.29 is 23.5 Å². The third kappa shape index (κ3) is 4.81. The zero-order valence-corrected chi connectivity index (χ0v) is 18.9. The van der Waals surface area contributed by atoms with Gasteiger partial charge in [-0.1, -0.05) is 26.0 Å². The van der Waals surface area contributed by atoms with Crippen molar-refractivity contribution in [3.63, 3.8) is 0 Å². The van der Waals surface area contributed by atoms with Crippen LogP contribution in [0.2, 0.25) is 0 Å². The van der Waals surface area contributed by atoms with Crippen LogP contribution in [0.3, 0.4) is 0 Å². The van der Waals surface area contributed by atoms with Gasteiger partial charge in [-0.2, -0.15) is 5.10 Å². The molecule has 0 saturated heterocycles. The van der Waals surface area contributed by atoms with Gasteiger partial charge in [-0.3, -0.25) is 14.3 Å². The molecule has 0 saturated carbocycles. The summed E-state index contributed by atoms with van der Waals surface area (Å²) in [5.74, 6) is -1.35. The van der Waals surface area contributed by atoms with Gasteiger partial charge in [0.05, 0.1) is 13.2 Å². The molecule has 1 aliphatic rings. The first-order valence-corrected chi connectivity index (χ1v) is 10.8. The molecule has 1 unspecified atom stereocenters. The number of rotatable bonds is 8. The first-order chi connectivity index (χ1) is 15.2. The molecule has 2 aromatic rings. The van der Waals surface area contributed by atoms with E-state index in [0.29, 0.717) is 18.0 Å². The molecule has 1 N–H and O–H groups in total. The van der Waals surface area contributed by atoms with Crippen LogP contribution in [-0.2, 0) is 22.6 Å². The number of hydrogen-bond acceptors (Lipinski definition) is 5. The van der Waals surface area contributed by atoms with Gasteiger partial charge < -0.3 is 15.0 Å². The van der Waals surface area contributed by atoms with E-state index in [0.717, 1.165) is 6.42 Å². The molecular formula is C23H29FN4O4. The molecule has 0 bridgehead atoms. The third-order valence-corrected chi connectivity index (χ3v) is 5.53. The number of amides is 2. The van der Waals surface area contributed by atoms with Crippen LogP contribution in [0.25, 0.3) is 0 Å². The maximum atomic E-state index is 13.4. The second kappa shape index (κ2) is 9.50. The lowest BCUT2D eigenvalue weighted by Crippen LogP contribution is -2.63. The van der Waals surface area contributed by atoms with E-state index < -0.39 is 17.4 Å². The summed E-state index contributed by atoms with van der Waals surface area (Å²) in [4.78, 5) is 40.3. The Balaban J connectivity index is 1.96. The summed E-state index contributed by atoms with van der Waals surface area (Å²) < 4.78 is 19.7. The van der Waals surface area contributed by atoms with Gasteiger partial charge in [0, 0.05) is 19.2 Å². The van der Waals surface area contributed by atoms with Crippen LogP contribution in [0.4, 0.5) is 4.39 Å². The second-order valence-electron chi connectivity index (χ2n) is 8.52. The number of benzene rings is 1.